The van der Waals surface area contributed by atoms with E-state index in [1.54, 1.807) is 24.3 Å². The highest BCUT2D eigenvalue weighted by Crippen LogP contribution is 2.24. The minimum absolute atomic E-state index is 0.109. The van der Waals surface area contributed by atoms with E-state index < -0.39 is 28.5 Å². The molecule has 3 aromatic carbocycles. The fourth-order valence-corrected chi connectivity index (χ4v) is 6.09. The molecule has 0 radical (unpaired) electrons. The molecule has 3 aromatic rings. The Hall–Kier alpha value is -3.85. The van der Waals surface area contributed by atoms with Gasteiger partial charge in [0.05, 0.1) is 11.9 Å². The third kappa shape index (κ3) is 8.58. The molecule has 1 atom stereocenters. The van der Waals surface area contributed by atoms with E-state index in [-0.39, 0.29) is 18.5 Å². The Morgan fingerprint density at radius 1 is 0.929 bits per heavy atom. The van der Waals surface area contributed by atoms with Gasteiger partial charge < -0.3 is 15.0 Å². The molecule has 0 unspecified atom stereocenters. The van der Waals surface area contributed by atoms with Crippen LogP contribution in [0.1, 0.15) is 55.7 Å². The summed E-state index contributed by atoms with van der Waals surface area (Å²) in [6.45, 7) is 4.00. The number of nitrogens with one attached hydrogen (secondary N) is 1. The molecule has 1 aliphatic rings. The Labute approximate surface area is 249 Å². The van der Waals surface area contributed by atoms with Crippen molar-refractivity contribution in [3.05, 3.63) is 95.6 Å². The zero-order chi connectivity index (χ0) is 30.1. The number of ether oxygens (including phenoxy) is 1. The smallest absolute Gasteiger partial charge is 0.244 e. The average Bonchev–Trinajstić information content (AvgIpc) is 3.49. The van der Waals surface area contributed by atoms with Gasteiger partial charge >= 0.3 is 0 Å². The van der Waals surface area contributed by atoms with Crippen LogP contribution in [-0.4, -0.2) is 50.0 Å². The fraction of sp³-hybridized carbons (Fsp3) is 0.394. The van der Waals surface area contributed by atoms with Crippen LogP contribution in [0.2, 0.25) is 0 Å². The highest BCUT2D eigenvalue weighted by atomic mass is 32.2. The van der Waals surface area contributed by atoms with E-state index in [0.29, 0.717) is 24.5 Å². The SMILES string of the molecule is CC[C@@H](C(=O)NC1CCCC1)N(Cc1ccc(C)cc1)C(=O)CN(c1ccc(OCc2ccccc2)cc1)S(C)(=O)=O. The second-order valence-corrected chi connectivity index (χ2v) is 12.9. The number of amides is 2. The molecule has 42 heavy (non-hydrogen) atoms. The first kappa shape index (κ1) is 31.1. The first-order valence-electron chi connectivity index (χ1n) is 14.5. The molecule has 0 aliphatic heterocycles. The topological polar surface area (TPSA) is 96.0 Å². The highest BCUT2D eigenvalue weighted by Gasteiger charge is 2.33. The molecule has 1 N–H and O–H groups in total. The lowest BCUT2D eigenvalue weighted by Crippen LogP contribution is -2.53. The number of rotatable bonds is 13. The van der Waals surface area contributed by atoms with Gasteiger partial charge in [-0.05, 0) is 61.6 Å². The van der Waals surface area contributed by atoms with E-state index in [1.165, 1.54) is 4.90 Å². The third-order valence-corrected chi connectivity index (χ3v) is 8.75. The van der Waals surface area contributed by atoms with E-state index in [2.05, 4.69) is 5.32 Å². The molecule has 0 heterocycles. The molecule has 1 fully saturated rings. The number of anilines is 1. The van der Waals surface area contributed by atoms with Crippen molar-refractivity contribution < 1.29 is 22.7 Å². The van der Waals surface area contributed by atoms with Crippen molar-refractivity contribution in [3.8, 4) is 5.75 Å². The predicted octanol–water partition coefficient (Wildman–Crippen LogP) is 5.21. The van der Waals surface area contributed by atoms with Crippen LogP contribution < -0.4 is 14.4 Å². The van der Waals surface area contributed by atoms with Gasteiger partial charge in [-0.1, -0.05) is 79.9 Å². The number of benzene rings is 3. The normalized spacial score (nSPS) is 14.3. The standard InChI is InChI=1S/C33H41N3O5S/c1-4-31(33(38)34-28-12-8-9-13-28)35(22-26-16-14-25(2)15-17-26)32(37)23-36(42(3,39)40)29-18-20-30(21-19-29)41-24-27-10-6-5-7-11-27/h5-7,10-11,14-21,28,31H,4,8-9,12-13,22-24H2,1-3H3,(H,34,38)/t31-/m0/s1. The largest absolute Gasteiger partial charge is 0.489 e. The van der Waals surface area contributed by atoms with Crippen molar-refractivity contribution in [1.82, 2.24) is 10.2 Å². The molecule has 4 rings (SSSR count). The molecular weight excluding hydrogens is 550 g/mol. The van der Waals surface area contributed by atoms with Gasteiger partial charge in [0, 0.05) is 12.6 Å². The zero-order valence-corrected chi connectivity index (χ0v) is 25.5. The second kappa shape index (κ2) is 14.4. The van der Waals surface area contributed by atoms with Crippen molar-refractivity contribution in [1.29, 1.82) is 0 Å². The summed E-state index contributed by atoms with van der Waals surface area (Å²) >= 11 is 0. The van der Waals surface area contributed by atoms with E-state index in [0.717, 1.165) is 52.9 Å². The molecule has 9 heteroatoms. The van der Waals surface area contributed by atoms with Gasteiger partial charge in [-0.3, -0.25) is 13.9 Å². The van der Waals surface area contributed by atoms with Gasteiger partial charge in [-0.15, -0.1) is 0 Å². The molecule has 0 bridgehead atoms. The summed E-state index contributed by atoms with van der Waals surface area (Å²) in [4.78, 5) is 28.9. The highest BCUT2D eigenvalue weighted by molar-refractivity contribution is 7.92. The van der Waals surface area contributed by atoms with E-state index in [9.17, 15) is 18.0 Å². The van der Waals surface area contributed by atoms with Crippen molar-refractivity contribution in [2.75, 3.05) is 17.1 Å². The quantitative estimate of drug-likeness (QED) is 0.295. The average molecular weight is 592 g/mol. The summed E-state index contributed by atoms with van der Waals surface area (Å²) in [6, 6.07) is 23.5. The minimum atomic E-state index is -3.82. The van der Waals surface area contributed by atoms with Crippen molar-refractivity contribution in [3.63, 3.8) is 0 Å². The Kier molecular flexibility index (Phi) is 10.6. The third-order valence-electron chi connectivity index (χ3n) is 7.61. The number of hydrogen-bond donors (Lipinski definition) is 1. The van der Waals surface area contributed by atoms with Crippen molar-refractivity contribution in [2.45, 2.75) is 71.2 Å². The van der Waals surface area contributed by atoms with Crippen LogP contribution in [0.5, 0.6) is 5.75 Å². The molecular formula is C33H41N3O5S. The number of hydrogen-bond acceptors (Lipinski definition) is 5. The van der Waals surface area contributed by atoms with Gasteiger partial charge in [0.25, 0.3) is 0 Å². The van der Waals surface area contributed by atoms with Crippen LogP contribution in [0.4, 0.5) is 5.69 Å². The van der Waals surface area contributed by atoms with Gasteiger partial charge in [0.1, 0.15) is 24.9 Å². The summed E-state index contributed by atoms with van der Waals surface area (Å²) in [7, 11) is -3.82. The summed E-state index contributed by atoms with van der Waals surface area (Å²) in [5.41, 5.74) is 3.31. The van der Waals surface area contributed by atoms with Crippen molar-refractivity contribution >= 4 is 27.5 Å². The van der Waals surface area contributed by atoms with E-state index >= 15 is 0 Å². The molecule has 8 nitrogen and oxygen atoms in total. The molecule has 1 saturated carbocycles. The molecule has 0 aromatic heterocycles. The number of carbonyl (C=O) groups is 2. The van der Waals surface area contributed by atoms with Gasteiger partial charge in [0.2, 0.25) is 21.8 Å². The first-order valence-corrected chi connectivity index (χ1v) is 16.4. The van der Waals surface area contributed by atoms with Gasteiger partial charge in [0.15, 0.2) is 0 Å². The summed E-state index contributed by atoms with van der Waals surface area (Å²) in [5, 5.41) is 3.13. The Morgan fingerprint density at radius 2 is 1.57 bits per heavy atom. The predicted molar refractivity (Wildman–Crippen MR) is 166 cm³/mol. The summed E-state index contributed by atoms with van der Waals surface area (Å²) in [5.74, 6) is -0.0625. The molecule has 2 amide bonds. The number of aryl methyl sites for hydroxylation is 1. The number of sulfonamides is 1. The van der Waals surface area contributed by atoms with Crippen molar-refractivity contribution in [2.24, 2.45) is 0 Å². The van der Waals surface area contributed by atoms with Crippen LogP contribution >= 0.6 is 0 Å². The van der Waals surface area contributed by atoms with Gasteiger partial charge in [-0.25, -0.2) is 8.42 Å². The maximum Gasteiger partial charge on any atom is 0.244 e. The molecule has 0 spiro atoms. The number of carbonyl (C=O) groups excluding carboxylic acids is 2. The Morgan fingerprint density at radius 3 is 2.17 bits per heavy atom. The van der Waals surface area contributed by atoms with Crippen LogP contribution in [0.15, 0.2) is 78.9 Å². The monoisotopic (exact) mass is 591 g/mol. The lowest BCUT2D eigenvalue weighted by molar-refractivity contribution is -0.140. The molecule has 0 saturated heterocycles. The Bertz CT molecular complexity index is 1420. The summed E-state index contributed by atoms with van der Waals surface area (Å²) < 4.78 is 32.8. The second-order valence-electron chi connectivity index (χ2n) is 11.0. The van der Waals surface area contributed by atoms with Crippen LogP contribution in [0, 0.1) is 6.92 Å². The summed E-state index contributed by atoms with van der Waals surface area (Å²) in [6.07, 6.45) is 5.50. The van der Waals surface area contributed by atoms with Crippen LogP contribution in [-0.2, 0) is 32.8 Å². The van der Waals surface area contributed by atoms with E-state index in [1.807, 2.05) is 68.4 Å². The zero-order valence-electron chi connectivity index (χ0n) is 24.7. The lowest BCUT2D eigenvalue weighted by Gasteiger charge is -2.33. The lowest BCUT2D eigenvalue weighted by atomic mass is 10.1. The molecule has 224 valence electrons. The Balaban J connectivity index is 1.54. The van der Waals surface area contributed by atoms with Crippen LogP contribution in [0.25, 0.3) is 0 Å². The molecule has 1 aliphatic carbocycles. The first-order chi connectivity index (χ1) is 20.1. The maximum atomic E-state index is 13.9. The maximum absolute atomic E-state index is 13.9. The minimum Gasteiger partial charge on any atom is -0.489 e. The fourth-order valence-electron chi connectivity index (χ4n) is 5.24. The van der Waals surface area contributed by atoms with E-state index in [4.69, 9.17) is 4.74 Å². The number of nitrogens with zero attached hydrogens (tertiary/aromatic N) is 2. The van der Waals surface area contributed by atoms with Gasteiger partial charge in [-0.2, -0.15) is 0 Å². The van der Waals surface area contributed by atoms with Crippen LogP contribution in [0.3, 0.4) is 0 Å².